The highest BCUT2D eigenvalue weighted by atomic mass is 32.2. The van der Waals surface area contributed by atoms with Crippen LogP contribution < -0.4 is 15.4 Å². The normalized spacial score (nSPS) is 10.7. The van der Waals surface area contributed by atoms with Gasteiger partial charge in [0.05, 0.1) is 4.90 Å². The van der Waals surface area contributed by atoms with Crippen LogP contribution in [0.4, 0.5) is 4.79 Å². The minimum atomic E-state index is -3.26. The predicted molar refractivity (Wildman–Crippen MR) is 72.3 cm³/mol. The van der Waals surface area contributed by atoms with Crippen LogP contribution in [0.25, 0.3) is 0 Å². The first-order chi connectivity index (χ1) is 9.32. The molecule has 1 aromatic carbocycles. The van der Waals surface area contributed by atoms with Crippen molar-refractivity contribution >= 4 is 21.8 Å². The van der Waals surface area contributed by atoms with E-state index in [9.17, 15) is 18.0 Å². The van der Waals surface area contributed by atoms with E-state index in [0.717, 1.165) is 6.26 Å². The van der Waals surface area contributed by atoms with Crippen LogP contribution in [0.3, 0.4) is 0 Å². The zero-order valence-corrected chi connectivity index (χ0v) is 12.0. The summed E-state index contributed by atoms with van der Waals surface area (Å²) in [5.41, 5.74) is 0. The Balaban J connectivity index is 2.50. The molecule has 2 N–H and O–H groups in total. The number of ether oxygens (including phenoxy) is 1. The number of amides is 3. The number of carbonyl (C=O) groups is 2. The van der Waals surface area contributed by atoms with E-state index in [0.29, 0.717) is 12.3 Å². The standard InChI is InChI=1S/C12H16N2O5S/c1-3-13-12(16)14-11(15)8-19-9-4-6-10(7-5-9)20(2,17)18/h4-7H,3,8H2,1-2H3,(H2,13,14,15,16). The number of rotatable bonds is 5. The Morgan fingerprint density at radius 2 is 1.80 bits per heavy atom. The van der Waals surface area contributed by atoms with Crippen molar-refractivity contribution in [3.63, 3.8) is 0 Å². The molecular formula is C12H16N2O5S. The molecule has 8 heteroatoms. The molecule has 0 unspecified atom stereocenters. The number of hydrogen-bond acceptors (Lipinski definition) is 5. The van der Waals surface area contributed by atoms with Crippen molar-refractivity contribution in [3.8, 4) is 5.75 Å². The van der Waals surface area contributed by atoms with Gasteiger partial charge in [-0.3, -0.25) is 10.1 Å². The maximum Gasteiger partial charge on any atom is 0.321 e. The summed E-state index contributed by atoms with van der Waals surface area (Å²) in [5.74, 6) is -0.258. The fraction of sp³-hybridized carbons (Fsp3) is 0.333. The second kappa shape index (κ2) is 6.90. The number of carbonyl (C=O) groups excluding carboxylic acids is 2. The fourth-order valence-corrected chi connectivity index (χ4v) is 1.93. The molecular weight excluding hydrogens is 284 g/mol. The molecule has 1 rings (SSSR count). The third-order valence-electron chi connectivity index (χ3n) is 2.21. The van der Waals surface area contributed by atoms with E-state index in [2.05, 4.69) is 10.6 Å². The van der Waals surface area contributed by atoms with Crippen molar-refractivity contribution in [2.75, 3.05) is 19.4 Å². The number of imide groups is 1. The van der Waals surface area contributed by atoms with Crippen molar-refractivity contribution in [2.24, 2.45) is 0 Å². The molecule has 0 aliphatic rings. The van der Waals surface area contributed by atoms with E-state index in [1.54, 1.807) is 6.92 Å². The molecule has 0 aromatic heterocycles. The van der Waals surface area contributed by atoms with E-state index in [1.807, 2.05) is 0 Å². The minimum absolute atomic E-state index is 0.164. The van der Waals surface area contributed by atoms with Crippen molar-refractivity contribution in [3.05, 3.63) is 24.3 Å². The van der Waals surface area contributed by atoms with Gasteiger partial charge < -0.3 is 10.1 Å². The van der Waals surface area contributed by atoms with E-state index >= 15 is 0 Å². The van der Waals surface area contributed by atoms with E-state index in [-0.39, 0.29) is 11.5 Å². The Kier molecular flexibility index (Phi) is 5.51. The van der Waals surface area contributed by atoms with Gasteiger partial charge in [-0.2, -0.15) is 0 Å². The largest absolute Gasteiger partial charge is 0.484 e. The van der Waals surface area contributed by atoms with E-state index in [1.165, 1.54) is 24.3 Å². The number of nitrogens with one attached hydrogen (secondary N) is 2. The number of hydrogen-bond donors (Lipinski definition) is 2. The van der Waals surface area contributed by atoms with Gasteiger partial charge in [0, 0.05) is 12.8 Å². The molecule has 0 atom stereocenters. The zero-order valence-electron chi connectivity index (χ0n) is 11.2. The van der Waals surface area contributed by atoms with Gasteiger partial charge in [-0.1, -0.05) is 0 Å². The maximum atomic E-state index is 11.3. The summed E-state index contributed by atoms with van der Waals surface area (Å²) in [6.45, 7) is 1.80. The Bertz CT molecular complexity index is 580. The molecule has 0 saturated heterocycles. The average molecular weight is 300 g/mol. The van der Waals surface area contributed by atoms with Crippen molar-refractivity contribution < 1.29 is 22.7 Å². The van der Waals surface area contributed by atoms with Gasteiger partial charge in [0.25, 0.3) is 5.91 Å². The molecule has 20 heavy (non-hydrogen) atoms. The van der Waals surface area contributed by atoms with Crippen LogP contribution in [0.1, 0.15) is 6.92 Å². The monoisotopic (exact) mass is 300 g/mol. The lowest BCUT2D eigenvalue weighted by molar-refractivity contribution is -0.122. The first-order valence-corrected chi connectivity index (χ1v) is 7.72. The van der Waals surface area contributed by atoms with Gasteiger partial charge in [-0.15, -0.1) is 0 Å². The molecule has 0 aliphatic carbocycles. The molecule has 0 heterocycles. The van der Waals surface area contributed by atoms with Crippen LogP contribution in [0.5, 0.6) is 5.75 Å². The first kappa shape index (κ1) is 16.0. The molecule has 0 aliphatic heterocycles. The van der Waals surface area contributed by atoms with Gasteiger partial charge in [-0.25, -0.2) is 13.2 Å². The maximum absolute atomic E-state index is 11.3. The van der Waals surface area contributed by atoms with Crippen LogP contribution in [-0.2, 0) is 14.6 Å². The smallest absolute Gasteiger partial charge is 0.321 e. The van der Waals surface area contributed by atoms with Crippen LogP contribution in [0.15, 0.2) is 29.2 Å². The lowest BCUT2D eigenvalue weighted by Gasteiger charge is -2.07. The van der Waals surface area contributed by atoms with Gasteiger partial charge in [-0.05, 0) is 31.2 Å². The molecule has 7 nitrogen and oxygen atoms in total. The van der Waals surface area contributed by atoms with Gasteiger partial charge >= 0.3 is 6.03 Å². The van der Waals surface area contributed by atoms with Crippen molar-refractivity contribution in [2.45, 2.75) is 11.8 Å². The fourth-order valence-electron chi connectivity index (χ4n) is 1.30. The third kappa shape index (κ3) is 5.27. The Labute approximate surface area is 117 Å². The molecule has 0 saturated carbocycles. The van der Waals surface area contributed by atoms with Gasteiger partial charge in [0.2, 0.25) is 0 Å². The van der Waals surface area contributed by atoms with Gasteiger partial charge in [0.15, 0.2) is 16.4 Å². The molecule has 0 fully saturated rings. The number of benzene rings is 1. The summed E-state index contributed by atoms with van der Waals surface area (Å²) in [5, 5.41) is 4.48. The second-order valence-electron chi connectivity index (χ2n) is 3.94. The predicted octanol–water partition coefficient (Wildman–Crippen LogP) is 0.315. The molecule has 0 radical (unpaired) electrons. The molecule has 110 valence electrons. The third-order valence-corrected chi connectivity index (χ3v) is 3.34. The van der Waals surface area contributed by atoms with Gasteiger partial charge in [0.1, 0.15) is 5.75 Å². The van der Waals surface area contributed by atoms with Crippen LogP contribution >= 0.6 is 0 Å². The molecule has 3 amide bonds. The lowest BCUT2D eigenvalue weighted by Crippen LogP contribution is -2.41. The van der Waals surface area contributed by atoms with E-state index < -0.39 is 21.8 Å². The topological polar surface area (TPSA) is 102 Å². The first-order valence-electron chi connectivity index (χ1n) is 5.83. The summed E-state index contributed by atoms with van der Waals surface area (Å²) in [4.78, 5) is 22.6. The van der Waals surface area contributed by atoms with Crippen LogP contribution in [0, 0.1) is 0 Å². The second-order valence-corrected chi connectivity index (χ2v) is 5.96. The van der Waals surface area contributed by atoms with Crippen LogP contribution in [0.2, 0.25) is 0 Å². The quantitative estimate of drug-likeness (QED) is 0.815. The highest BCUT2D eigenvalue weighted by Gasteiger charge is 2.09. The average Bonchev–Trinajstić information content (AvgIpc) is 2.36. The summed E-state index contributed by atoms with van der Waals surface area (Å²) >= 11 is 0. The summed E-state index contributed by atoms with van der Waals surface area (Å²) < 4.78 is 27.6. The minimum Gasteiger partial charge on any atom is -0.484 e. The SMILES string of the molecule is CCNC(=O)NC(=O)COc1ccc(S(C)(=O)=O)cc1. The van der Waals surface area contributed by atoms with Crippen molar-refractivity contribution in [1.82, 2.24) is 10.6 Å². The summed E-state index contributed by atoms with van der Waals surface area (Å²) in [6.07, 6.45) is 1.10. The lowest BCUT2D eigenvalue weighted by atomic mass is 10.3. The van der Waals surface area contributed by atoms with Crippen LogP contribution in [-0.4, -0.2) is 39.8 Å². The molecule has 0 bridgehead atoms. The zero-order chi connectivity index (χ0) is 15.2. The molecule has 0 spiro atoms. The van der Waals surface area contributed by atoms with E-state index in [4.69, 9.17) is 4.74 Å². The Morgan fingerprint density at radius 3 is 2.30 bits per heavy atom. The number of urea groups is 1. The summed E-state index contributed by atoms with van der Waals surface area (Å²) in [6, 6.07) is 5.05. The Hall–Kier alpha value is -2.09. The Morgan fingerprint density at radius 1 is 1.20 bits per heavy atom. The number of sulfone groups is 1. The van der Waals surface area contributed by atoms with Crippen molar-refractivity contribution in [1.29, 1.82) is 0 Å². The highest BCUT2D eigenvalue weighted by molar-refractivity contribution is 7.90. The highest BCUT2D eigenvalue weighted by Crippen LogP contribution is 2.15. The summed E-state index contributed by atoms with van der Waals surface area (Å²) in [7, 11) is -3.26. The molecule has 1 aromatic rings.